The van der Waals surface area contributed by atoms with Crippen LogP contribution in [0, 0.1) is 6.92 Å². The van der Waals surface area contributed by atoms with Gasteiger partial charge in [0.05, 0.1) is 17.4 Å². The third kappa shape index (κ3) is 6.55. The summed E-state index contributed by atoms with van der Waals surface area (Å²) in [6.45, 7) is 9.31. The number of nitrogens with zero attached hydrogens (tertiary/aromatic N) is 4. The van der Waals surface area contributed by atoms with Crippen molar-refractivity contribution in [2.45, 2.75) is 46.0 Å². The third-order valence-electron chi connectivity index (χ3n) is 8.53. The lowest BCUT2D eigenvalue weighted by molar-refractivity contribution is -0.138. The van der Waals surface area contributed by atoms with E-state index < -0.39 is 11.7 Å². The highest BCUT2D eigenvalue weighted by atomic mass is 19.4. The summed E-state index contributed by atoms with van der Waals surface area (Å²) >= 11 is 0. The summed E-state index contributed by atoms with van der Waals surface area (Å²) in [5, 5.41) is 0.878. The molecular formula is C33H36F3N5O2. The number of halogens is 3. The third-order valence-corrected chi connectivity index (χ3v) is 8.53. The standard InChI is InChI=1S/C33H36F3N5O2/c1-3-39-12-14-40(15-13-39)20-25-5-4-23(17-29(25)33(34,35)36)18-31(42)41-11-9-24-6-7-27(19-26(24)21-41)43-30-16-22(2)38-32-28(30)8-10-37-32/h4-8,10,16-17,19H,3,9,11-15,18,20-21H2,1-2H3,(H,37,38). The predicted molar refractivity (Wildman–Crippen MR) is 159 cm³/mol. The molecule has 0 aliphatic carbocycles. The fraction of sp³-hybridized carbons (Fsp3) is 0.394. The number of carbonyl (C=O) groups is 1. The average molecular weight is 592 g/mol. The second-order valence-electron chi connectivity index (χ2n) is 11.5. The van der Waals surface area contributed by atoms with Gasteiger partial charge < -0.3 is 19.5 Å². The molecule has 1 N–H and O–H groups in total. The number of piperazine rings is 1. The first-order chi connectivity index (χ1) is 20.7. The van der Waals surface area contributed by atoms with Gasteiger partial charge >= 0.3 is 6.18 Å². The number of hydrogen-bond acceptors (Lipinski definition) is 5. The first-order valence-corrected chi connectivity index (χ1v) is 14.8. The summed E-state index contributed by atoms with van der Waals surface area (Å²) in [7, 11) is 0. The van der Waals surface area contributed by atoms with E-state index in [0.717, 1.165) is 66.6 Å². The number of benzene rings is 2. The molecule has 10 heteroatoms. The van der Waals surface area contributed by atoms with Gasteiger partial charge in [-0.05, 0) is 66.4 Å². The van der Waals surface area contributed by atoms with Crippen molar-refractivity contribution < 1.29 is 22.7 Å². The molecule has 0 radical (unpaired) electrons. The lowest BCUT2D eigenvalue weighted by Crippen LogP contribution is -2.45. The van der Waals surface area contributed by atoms with Crippen LogP contribution < -0.4 is 4.74 Å². The second kappa shape index (κ2) is 12.0. The molecule has 2 aliphatic rings. The van der Waals surface area contributed by atoms with E-state index in [2.05, 4.69) is 26.7 Å². The molecule has 0 unspecified atom stereocenters. The Hall–Kier alpha value is -3.89. The zero-order valence-electron chi connectivity index (χ0n) is 24.5. The molecule has 2 aromatic heterocycles. The highest BCUT2D eigenvalue weighted by molar-refractivity contribution is 5.83. The number of H-pyrrole nitrogens is 1. The first-order valence-electron chi connectivity index (χ1n) is 14.8. The number of rotatable bonds is 7. The summed E-state index contributed by atoms with van der Waals surface area (Å²) in [5.74, 6) is 1.16. The average Bonchev–Trinajstić information content (AvgIpc) is 3.46. The molecule has 0 atom stereocenters. The van der Waals surface area contributed by atoms with Crippen LogP contribution in [0.5, 0.6) is 11.5 Å². The minimum Gasteiger partial charge on any atom is -0.457 e. The zero-order valence-corrected chi connectivity index (χ0v) is 24.5. The molecule has 0 saturated carbocycles. The van der Waals surface area contributed by atoms with Gasteiger partial charge in [-0.3, -0.25) is 9.69 Å². The van der Waals surface area contributed by atoms with Crippen LogP contribution in [0.1, 0.15) is 40.4 Å². The molecule has 43 heavy (non-hydrogen) atoms. The fourth-order valence-electron chi connectivity index (χ4n) is 6.08. The molecule has 226 valence electrons. The van der Waals surface area contributed by atoms with Gasteiger partial charge in [0.1, 0.15) is 17.1 Å². The number of likely N-dealkylation sites (N-methyl/N-ethyl adjacent to an activating group) is 1. The SMILES string of the molecule is CCN1CCN(Cc2ccc(CC(=O)N3CCc4ccc(Oc5cc(C)nc6[nH]ccc56)cc4C3)cc2C(F)(F)F)CC1. The Morgan fingerprint density at radius 3 is 2.53 bits per heavy atom. The number of fused-ring (bicyclic) bond motifs is 2. The topological polar surface area (TPSA) is 64.7 Å². The van der Waals surface area contributed by atoms with Crippen LogP contribution in [0.3, 0.4) is 0 Å². The quantitative estimate of drug-likeness (QED) is 0.288. The molecule has 1 saturated heterocycles. The number of ether oxygens (including phenoxy) is 1. The monoisotopic (exact) mass is 591 g/mol. The summed E-state index contributed by atoms with van der Waals surface area (Å²) in [6, 6.07) is 14.1. The molecule has 1 fully saturated rings. The molecule has 2 aromatic carbocycles. The van der Waals surface area contributed by atoms with Gasteiger partial charge in [-0.2, -0.15) is 13.2 Å². The molecular weight excluding hydrogens is 555 g/mol. The molecule has 4 aromatic rings. The van der Waals surface area contributed by atoms with Gasteiger partial charge in [-0.15, -0.1) is 0 Å². The number of carbonyl (C=O) groups excluding carboxylic acids is 1. The maximum Gasteiger partial charge on any atom is 0.416 e. The summed E-state index contributed by atoms with van der Waals surface area (Å²) in [4.78, 5) is 27.0. The largest absolute Gasteiger partial charge is 0.457 e. The Morgan fingerprint density at radius 2 is 1.77 bits per heavy atom. The maximum absolute atomic E-state index is 14.1. The number of aryl methyl sites for hydroxylation is 1. The van der Waals surface area contributed by atoms with E-state index in [-0.39, 0.29) is 24.4 Å². The van der Waals surface area contributed by atoms with Gasteiger partial charge in [-0.1, -0.05) is 25.1 Å². The van der Waals surface area contributed by atoms with Gasteiger partial charge in [-0.25, -0.2) is 4.98 Å². The van der Waals surface area contributed by atoms with Crippen LogP contribution in [0.2, 0.25) is 0 Å². The lowest BCUT2D eigenvalue weighted by Gasteiger charge is -2.34. The Bertz CT molecular complexity index is 1620. The van der Waals surface area contributed by atoms with Gasteiger partial charge in [0.15, 0.2) is 0 Å². The molecule has 0 bridgehead atoms. The molecule has 4 heterocycles. The van der Waals surface area contributed by atoms with E-state index in [1.54, 1.807) is 17.0 Å². The summed E-state index contributed by atoms with van der Waals surface area (Å²) in [5.41, 5.74) is 3.68. The summed E-state index contributed by atoms with van der Waals surface area (Å²) in [6.07, 6.45) is -2.07. The van der Waals surface area contributed by atoms with Crippen molar-refractivity contribution >= 4 is 16.9 Å². The maximum atomic E-state index is 14.1. The van der Waals surface area contributed by atoms with E-state index in [4.69, 9.17) is 4.74 Å². The van der Waals surface area contributed by atoms with Gasteiger partial charge in [0.2, 0.25) is 5.91 Å². The van der Waals surface area contributed by atoms with Crippen molar-refractivity contribution in [2.24, 2.45) is 0 Å². The number of amides is 1. The Labute approximate surface area is 249 Å². The highest BCUT2D eigenvalue weighted by Crippen LogP contribution is 2.35. The highest BCUT2D eigenvalue weighted by Gasteiger charge is 2.34. The number of nitrogens with one attached hydrogen (secondary N) is 1. The number of alkyl halides is 3. The zero-order chi connectivity index (χ0) is 30.1. The smallest absolute Gasteiger partial charge is 0.416 e. The normalized spacial score (nSPS) is 16.4. The van der Waals surface area contributed by atoms with Gasteiger partial charge in [0, 0.05) is 63.8 Å². The number of aromatic nitrogens is 2. The van der Waals surface area contributed by atoms with E-state index in [0.29, 0.717) is 36.6 Å². The van der Waals surface area contributed by atoms with Crippen molar-refractivity contribution in [2.75, 3.05) is 39.3 Å². The molecule has 2 aliphatic heterocycles. The molecule has 7 nitrogen and oxygen atoms in total. The molecule has 1 amide bonds. The minimum absolute atomic E-state index is 0.0776. The van der Waals surface area contributed by atoms with E-state index in [9.17, 15) is 18.0 Å². The lowest BCUT2D eigenvalue weighted by atomic mass is 9.97. The van der Waals surface area contributed by atoms with E-state index >= 15 is 0 Å². The molecule has 0 spiro atoms. The number of aromatic amines is 1. The Balaban J connectivity index is 1.14. The van der Waals surface area contributed by atoms with Crippen LogP contribution >= 0.6 is 0 Å². The summed E-state index contributed by atoms with van der Waals surface area (Å²) < 4.78 is 48.5. The van der Waals surface area contributed by atoms with Crippen molar-refractivity contribution in [3.63, 3.8) is 0 Å². The minimum atomic E-state index is -4.49. The first kappa shape index (κ1) is 29.2. The number of hydrogen-bond donors (Lipinski definition) is 1. The van der Waals surface area contributed by atoms with Crippen LogP contribution in [-0.4, -0.2) is 69.8 Å². The van der Waals surface area contributed by atoms with Crippen LogP contribution in [0.25, 0.3) is 11.0 Å². The van der Waals surface area contributed by atoms with Crippen molar-refractivity contribution in [3.8, 4) is 11.5 Å². The Morgan fingerprint density at radius 1 is 0.977 bits per heavy atom. The van der Waals surface area contributed by atoms with Gasteiger partial charge in [0.25, 0.3) is 0 Å². The van der Waals surface area contributed by atoms with Crippen molar-refractivity contribution in [1.82, 2.24) is 24.7 Å². The van der Waals surface area contributed by atoms with Crippen molar-refractivity contribution in [1.29, 1.82) is 0 Å². The van der Waals surface area contributed by atoms with E-state index in [1.807, 2.05) is 43.5 Å². The fourth-order valence-corrected chi connectivity index (χ4v) is 6.08. The second-order valence-corrected chi connectivity index (χ2v) is 11.5. The van der Waals surface area contributed by atoms with Crippen LogP contribution in [0.4, 0.5) is 13.2 Å². The van der Waals surface area contributed by atoms with Crippen molar-refractivity contribution in [3.05, 3.63) is 88.2 Å². The Kier molecular flexibility index (Phi) is 8.15. The van der Waals surface area contributed by atoms with E-state index in [1.165, 1.54) is 0 Å². The number of pyridine rings is 1. The van der Waals surface area contributed by atoms with Crippen LogP contribution in [-0.2, 0) is 36.9 Å². The molecule has 6 rings (SSSR count). The van der Waals surface area contributed by atoms with Crippen LogP contribution in [0.15, 0.2) is 54.7 Å². The predicted octanol–water partition coefficient (Wildman–Crippen LogP) is 5.95.